The number of likely N-dealkylation sites (tertiary alicyclic amines) is 1. The number of benzene rings is 1. The predicted molar refractivity (Wildman–Crippen MR) is 102 cm³/mol. The highest BCUT2D eigenvalue weighted by Crippen LogP contribution is 2.15. The third kappa shape index (κ3) is 5.36. The minimum Gasteiger partial charge on any atom is -0.484 e. The van der Waals surface area contributed by atoms with Crippen LogP contribution in [0.15, 0.2) is 47.1 Å². The van der Waals surface area contributed by atoms with Gasteiger partial charge in [-0.2, -0.15) is 0 Å². The number of rotatable bonds is 7. The molecule has 0 saturated carbocycles. The Morgan fingerprint density at radius 2 is 1.93 bits per heavy atom. The molecule has 1 aromatic heterocycles. The zero-order valence-corrected chi connectivity index (χ0v) is 15.6. The second-order valence-corrected chi connectivity index (χ2v) is 6.79. The summed E-state index contributed by atoms with van der Waals surface area (Å²) in [5.74, 6) is 0.790. The van der Waals surface area contributed by atoms with Crippen molar-refractivity contribution in [1.82, 2.24) is 10.2 Å². The van der Waals surface area contributed by atoms with Gasteiger partial charge in [-0.25, -0.2) is 0 Å². The number of carbonyl (C=O) groups excluding carboxylic acids is 2. The van der Waals surface area contributed by atoms with E-state index in [1.165, 1.54) is 11.8 Å². The van der Waals surface area contributed by atoms with E-state index in [0.29, 0.717) is 24.6 Å². The first-order chi connectivity index (χ1) is 13.2. The maximum absolute atomic E-state index is 12.4. The van der Waals surface area contributed by atoms with Crippen LogP contribution in [0, 0.1) is 0 Å². The second kappa shape index (κ2) is 9.26. The normalized spacial score (nSPS) is 14.8. The summed E-state index contributed by atoms with van der Waals surface area (Å²) in [5, 5.41) is 2.95. The number of ether oxygens (including phenoxy) is 1. The van der Waals surface area contributed by atoms with E-state index in [2.05, 4.69) is 12.2 Å². The molecule has 2 amide bonds. The van der Waals surface area contributed by atoms with Crippen LogP contribution in [0.25, 0.3) is 0 Å². The number of hydrogen-bond donors (Lipinski definition) is 1. The van der Waals surface area contributed by atoms with Gasteiger partial charge in [0, 0.05) is 19.1 Å². The van der Waals surface area contributed by atoms with Crippen LogP contribution in [-0.2, 0) is 11.2 Å². The predicted octanol–water partition coefficient (Wildman–Crippen LogP) is 3.03. The molecule has 2 heterocycles. The van der Waals surface area contributed by atoms with Crippen LogP contribution in [0.3, 0.4) is 0 Å². The van der Waals surface area contributed by atoms with Gasteiger partial charge >= 0.3 is 0 Å². The average molecular weight is 370 g/mol. The smallest absolute Gasteiger partial charge is 0.287 e. The van der Waals surface area contributed by atoms with Gasteiger partial charge in [0.1, 0.15) is 5.75 Å². The summed E-state index contributed by atoms with van der Waals surface area (Å²) >= 11 is 0. The summed E-state index contributed by atoms with van der Waals surface area (Å²) in [5.41, 5.74) is 1.27. The van der Waals surface area contributed by atoms with Gasteiger partial charge in [0.15, 0.2) is 12.4 Å². The molecular weight excluding hydrogens is 344 g/mol. The largest absolute Gasteiger partial charge is 0.484 e. The number of hydrogen-bond acceptors (Lipinski definition) is 4. The van der Waals surface area contributed by atoms with Crippen LogP contribution in [-0.4, -0.2) is 42.5 Å². The van der Waals surface area contributed by atoms with Crippen LogP contribution < -0.4 is 10.1 Å². The van der Waals surface area contributed by atoms with Crippen molar-refractivity contribution in [3.8, 4) is 5.75 Å². The van der Waals surface area contributed by atoms with Gasteiger partial charge in [-0.3, -0.25) is 9.59 Å². The fourth-order valence-electron chi connectivity index (χ4n) is 3.21. The molecule has 27 heavy (non-hydrogen) atoms. The van der Waals surface area contributed by atoms with E-state index in [1.807, 2.05) is 24.3 Å². The van der Waals surface area contributed by atoms with Gasteiger partial charge in [-0.1, -0.05) is 25.5 Å². The lowest BCUT2D eigenvalue weighted by molar-refractivity contribution is -0.134. The van der Waals surface area contributed by atoms with Crippen LogP contribution in [0.1, 0.15) is 42.3 Å². The van der Waals surface area contributed by atoms with E-state index >= 15 is 0 Å². The Morgan fingerprint density at radius 1 is 1.19 bits per heavy atom. The highest BCUT2D eigenvalue weighted by Gasteiger charge is 2.24. The molecule has 0 atom stereocenters. The highest BCUT2D eigenvalue weighted by atomic mass is 16.5. The van der Waals surface area contributed by atoms with Crippen molar-refractivity contribution in [2.75, 3.05) is 19.7 Å². The molecule has 0 unspecified atom stereocenters. The number of furan rings is 1. The van der Waals surface area contributed by atoms with Gasteiger partial charge in [0.05, 0.1) is 6.26 Å². The summed E-state index contributed by atoms with van der Waals surface area (Å²) in [6.45, 7) is 3.41. The zero-order chi connectivity index (χ0) is 19.1. The Balaban J connectivity index is 1.40. The Morgan fingerprint density at radius 3 is 2.56 bits per heavy atom. The van der Waals surface area contributed by atoms with E-state index < -0.39 is 0 Å². The summed E-state index contributed by atoms with van der Waals surface area (Å²) in [6, 6.07) is 11.3. The fourth-order valence-corrected chi connectivity index (χ4v) is 3.21. The molecule has 1 fully saturated rings. The van der Waals surface area contributed by atoms with Crippen molar-refractivity contribution in [3.05, 3.63) is 54.0 Å². The van der Waals surface area contributed by atoms with Gasteiger partial charge in [-0.05, 0) is 49.1 Å². The molecule has 3 rings (SSSR count). The van der Waals surface area contributed by atoms with Crippen molar-refractivity contribution in [3.63, 3.8) is 0 Å². The van der Waals surface area contributed by atoms with E-state index in [-0.39, 0.29) is 24.5 Å². The van der Waals surface area contributed by atoms with Gasteiger partial charge in [-0.15, -0.1) is 0 Å². The Kier molecular flexibility index (Phi) is 6.52. The monoisotopic (exact) mass is 370 g/mol. The van der Waals surface area contributed by atoms with Crippen LogP contribution in [0.5, 0.6) is 5.75 Å². The van der Waals surface area contributed by atoms with Gasteiger partial charge < -0.3 is 19.4 Å². The standard InChI is InChI=1S/C21H26N2O4/c1-2-4-16-6-8-18(9-7-16)27-15-20(24)23-12-10-17(11-13-23)22-21(25)19-5-3-14-26-19/h3,5-9,14,17H,2,4,10-13,15H2,1H3,(H,22,25). The topological polar surface area (TPSA) is 71.8 Å². The van der Waals surface area contributed by atoms with E-state index in [4.69, 9.17) is 9.15 Å². The zero-order valence-electron chi connectivity index (χ0n) is 15.6. The van der Waals surface area contributed by atoms with Gasteiger partial charge in [0.25, 0.3) is 11.8 Å². The van der Waals surface area contributed by atoms with Gasteiger partial charge in [0.2, 0.25) is 0 Å². The first-order valence-electron chi connectivity index (χ1n) is 9.49. The quantitative estimate of drug-likeness (QED) is 0.813. The lowest BCUT2D eigenvalue weighted by Gasteiger charge is -2.32. The number of aryl methyl sites for hydroxylation is 1. The molecule has 1 saturated heterocycles. The molecule has 0 aliphatic carbocycles. The summed E-state index contributed by atoms with van der Waals surface area (Å²) < 4.78 is 10.7. The van der Waals surface area contributed by atoms with E-state index in [1.54, 1.807) is 17.0 Å². The molecule has 6 nitrogen and oxygen atoms in total. The summed E-state index contributed by atoms with van der Waals surface area (Å²) in [6.07, 6.45) is 5.09. The SMILES string of the molecule is CCCc1ccc(OCC(=O)N2CCC(NC(=O)c3ccco3)CC2)cc1. The molecule has 0 bridgehead atoms. The minimum atomic E-state index is -0.209. The lowest BCUT2D eigenvalue weighted by atomic mass is 10.0. The van der Waals surface area contributed by atoms with Crippen molar-refractivity contribution < 1.29 is 18.7 Å². The van der Waals surface area contributed by atoms with Crippen molar-refractivity contribution >= 4 is 11.8 Å². The Bertz CT molecular complexity index is 732. The molecule has 1 aromatic carbocycles. The van der Waals surface area contributed by atoms with Crippen molar-refractivity contribution in [2.24, 2.45) is 0 Å². The highest BCUT2D eigenvalue weighted by molar-refractivity contribution is 5.91. The maximum Gasteiger partial charge on any atom is 0.287 e. The first kappa shape index (κ1) is 19.0. The third-order valence-electron chi connectivity index (χ3n) is 4.75. The summed E-state index contributed by atoms with van der Waals surface area (Å²) in [4.78, 5) is 26.2. The molecule has 1 aliphatic rings. The number of nitrogens with zero attached hydrogens (tertiary/aromatic N) is 1. The second-order valence-electron chi connectivity index (χ2n) is 6.79. The third-order valence-corrected chi connectivity index (χ3v) is 4.75. The minimum absolute atomic E-state index is 0.0246. The van der Waals surface area contributed by atoms with Crippen LogP contribution in [0.4, 0.5) is 0 Å². The Labute approximate surface area is 159 Å². The molecule has 6 heteroatoms. The van der Waals surface area contributed by atoms with Crippen molar-refractivity contribution in [1.29, 1.82) is 0 Å². The van der Waals surface area contributed by atoms with E-state index in [9.17, 15) is 9.59 Å². The number of carbonyl (C=O) groups is 2. The van der Waals surface area contributed by atoms with Crippen molar-refractivity contribution in [2.45, 2.75) is 38.6 Å². The molecule has 144 valence electrons. The summed E-state index contributed by atoms with van der Waals surface area (Å²) in [7, 11) is 0. The van der Waals surface area contributed by atoms with E-state index in [0.717, 1.165) is 25.7 Å². The fraction of sp³-hybridized carbons (Fsp3) is 0.429. The molecule has 0 spiro atoms. The molecule has 1 N–H and O–H groups in total. The maximum atomic E-state index is 12.4. The first-order valence-corrected chi connectivity index (χ1v) is 9.49. The number of amides is 2. The molecule has 1 aliphatic heterocycles. The Hall–Kier alpha value is -2.76. The van der Waals surface area contributed by atoms with Crippen LogP contribution >= 0.6 is 0 Å². The number of piperidine rings is 1. The lowest BCUT2D eigenvalue weighted by Crippen LogP contribution is -2.47. The molecule has 2 aromatic rings. The molecule has 0 radical (unpaired) electrons. The number of nitrogens with one attached hydrogen (secondary N) is 1. The average Bonchev–Trinajstić information content (AvgIpc) is 3.23. The molecular formula is C21H26N2O4. The van der Waals surface area contributed by atoms with Crippen LogP contribution in [0.2, 0.25) is 0 Å².